The van der Waals surface area contributed by atoms with Gasteiger partial charge in [0.15, 0.2) is 6.23 Å². The average molecular weight is 340 g/mol. The highest BCUT2D eigenvalue weighted by atomic mass is 16.5. The Balaban J connectivity index is 2.19. The molecule has 1 amide bonds. The number of aliphatic hydroxyl groups excluding tert-OH is 3. The molecule has 0 unspecified atom stereocenters. The molecule has 0 aliphatic carbocycles. The zero-order chi connectivity index (χ0) is 17.9. The number of aliphatic hydroxyl groups is 3. The van der Waals surface area contributed by atoms with Crippen LogP contribution in [0.4, 0.5) is 5.69 Å². The number of amides is 1. The number of nitrogens with one attached hydrogen (secondary N) is 2. The lowest BCUT2D eigenvalue weighted by Crippen LogP contribution is -2.65. The average Bonchev–Trinajstić information content (AvgIpc) is 2.54. The summed E-state index contributed by atoms with van der Waals surface area (Å²) in [5.41, 5.74) is 0.591. The van der Waals surface area contributed by atoms with Crippen LogP contribution in [0, 0.1) is 0 Å². The lowest BCUT2D eigenvalue weighted by molar-refractivity contribution is -0.188. The normalized spacial score (nSPS) is 29.8. The summed E-state index contributed by atoms with van der Waals surface area (Å²) in [4.78, 5) is 22.2. The third-order valence-corrected chi connectivity index (χ3v) is 3.74. The number of anilines is 1. The Morgan fingerprint density at radius 2 is 1.79 bits per heavy atom. The lowest BCUT2D eigenvalue weighted by Gasteiger charge is -2.43. The van der Waals surface area contributed by atoms with Crippen molar-refractivity contribution in [2.75, 3.05) is 11.9 Å². The van der Waals surface area contributed by atoms with Gasteiger partial charge in [0.05, 0.1) is 12.2 Å². The molecule has 1 fully saturated rings. The number of aromatic carboxylic acids is 1. The van der Waals surface area contributed by atoms with Gasteiger partial charge in [0.2, 0.25) is 5.91 Å². The van der Waals surface area contributed by atoms with E-state index in [0.717, 1.165) is 0 Å². The Morgan fingerprint density at radius 3 is 2.29 bits per heavy atom. The summed E-state index contributed by atoms with van der Waals surface area (Å²) < 4.78 is 5.51. The van der Waals surface area contributed by atoms with Crippen molar-refractivity contribution < 1.29 is 34.8 Å². The fraction of sp³-hybridized carbons (Fsp3) is 0.467. The lowest BCUT2D eigenvalue weighted by atomic mass is 9.95. The van der Waals surface area contributed by atoms with Crippen LogP contribution in [-0.2, 0) is 9.53 Å². The Kier molecular flexibility index (Phi) is 5.73. The van der Waals surface area contributed by atoms with Crippen molar-refractivity contribution in [3.05, 3.63) is 29.8 Å². The fourth-order valence-electron chi connectivity index (χ4n) is 2.51. The topological polar surface area (TPSA) is 148 Å². The van der Waals surface area contributed by atoms with E-state index in [0.29, 0.717) is 5.69 Å². The van der Waals surface area contributed by atoms with Crippen molar-refractivity contribution in [2.24, 2.45) is 0 Å². The Morgan fingerprint density at radius 1 is 1.17 bits per heavy atom. The van der Waals surface area contributed by atoms with Gasteiger partial charge in [-0.05, 0) is 24.3 Å². The number of benzene rings is 1. The molecular formula is C15H20N2O7. The number of carbonyl (C=O) groups is 2. The van der Waals surface area contributed by atoms with E-state index in [1.165, 1.54) is 31.2 Å². The van der Waals surface area contributed by atoms with Crippen LogP contribution < -0.4 is 10.6 Å². The van der Waals surface area contributed by atoms with Crippen LogP contribution in [0.15, 0.2) is 24.3 Å². The van der Waals surface area contributed by atoms with Gasteiger partial charge in [-0.1, -0.05) is 0 Å². The van der Waals surface area contributed by atoms with Gasteiger partial charge in [-0.15, -0.1) is 0 Å². The molecule has 0 saturated carbocycles. The van der Waals surface area contributed by atoms with E-state index in [-0.39, 0.29) is 5.56 Å². The van der Waals surface area contributed by atoms with E-state index in [2.05, 4.69) is 10.6 Å². The summed E-state index contributed by atoms with van der Waals surface area (Å²) in [7, 11) is 0. The first-order valence-electron chi connectivity index (χ1n) is 7.33. The number of hydrogen-bond acceptors (Lipinski definition) is 7. The van der Waals surface area contributed by atoms with E-state index in [4.69, 9.17) is 9.84 Å². The third kappa shape index (κ3) is 4.01. The molecule has 132 valence electrons. The molecule has 1 aromatic carbocycles. The molecule has 1 heterocycles. The van der Waals surface area contributed by atoms with Crippen molar-refractivity contribution in [3.8, 4) is 0 Å². The molecule has 9 nitrogen and oxygen atoms in total. The maximum atomic E-state index is 11.3. The summed E-state index contributed by atoms with van der Waals surface area (Å²) in [6.07, 6.45) is -4.67. The molecule has 24 heavy (non-hydrogen) atoms. The van der Waals surface area contributed by atoms with Gasteiger partial charge in [0, 0.05) is 12.6 Å². The van der Waals surface area contributed by atoms with Gasteiger partial charge >= 0.3 is 5.97 Å². The second-order valence-corrected chi connectivity index (χ2v) is 5.51. The summed E-state index contributed by atoms with van der Waals surface area (Å²) in [5, 5.41) is 43.6. The fourth-order valence-corrected chi connectivity index (χ4v) is 2.51. The number of carboxylic acids is 1. The first-order valence-corrected chi connectivity index (χ1v) is 7.33. The number of carboxylic acid groups (broad SMARTS) is 1. The van der Waals surface area contributed by atoms with Crippen LogP contribution in [-0.4, -0.2) is 69.5 Å². The first kappa shape index (κ1) is 18.1. The SMILES string of the molecule is CC(=O)N[C@@H]1[C@H](O)[C@@H](O)[C@@H](CO)O[C@@H]1Nc1ccc(C(=O)O)cc1. The van der Waals surface area contributed by atoms with E-state index in [9.17, 15) is 24.9 Å². The zero-order valence-corrected chi connectivity index (χ0v) is 12.9. The van der Waals surface area contributed by atoms with Gasteiger partial charge in [0.1, 0.15) is 24.4 Å². The van der Waals surface area contributed by atoms with Crippen molar-refractivity contribution in [1.29, 1.82) is 0 Å². The molecule has 5 atom stereocenters. The molecular weight excluding hydrogens is 320 g/mol. The Hall–Kier alpha value is -2.20. The predicted molar refractivity (Wildman–Crippen MR) is 82.4 cm³/mol. The number of ether oxygens (including phenoxy) is 1. The van der Waals surface area contributed by atoms with E-state index in [1.807, 2.05) is 0 Å². The minimum absolute atomic E-state index is 0.104. The van der Waals surface area contributed by atoms with Crippen LogP contribution in [0.25, 0.3) is 0 Å². The third-order valence-electron chi connectivity index (χ3n) is 3.74. The van der Waals surface area contributed by atoms with Crippen molar-refractivity contribution >= 4 is 17.6 Å². The Labute approximate surface area is 137 Å². The Bertz CT molecular complexity index is 592. The molecule has 2 rings (SSSR count). The predicted octanol–water partition coefficient (Wildman–Crippen LogP) is -1.26. The molecule has 9 heteroatoms. The summed E-state index contributed by atoms with van der Waals surface area (Å²) in [6, 6.07) is 4.82. The van der Waals surface area contributed by atoms with Gasteiger partial charge in [0.25, 0.3) is 0 Å². The molecule has 6 N–H and O–H groups in total. The summed E-state index contributed by atoms with van der Waals surface area (Å²) >= 11 is 0. The second-order valence-electron chi connectivity index (χ2n) is 5.51. The van der Waals surface area contributed by atoms with E-state index in [1.54, 1.807) is 0 Å². The van der Waals surface area contributed by atoms with Gasteiger partial charge < -0.3 is 35.8 Å². The monoisotopic (exact) mass is 340 g/mol. The molecule has 1 aliphatic heterocycles. The number of rotatable bonds is 5. The van der Waals surface area contributed by atoms with Crippen molar-refractivity contribution in [1.82, 2.24) is 5.32 Å². The van der Waals surface area contributed by atoms with Crippen LogP contribution in [0.1, 0.15) is 17.3 Å². The molecule has 1 aliphatic rings. The zero-order valence-electron chi connectivity index (χ0n) is 12.9. The van der Waals surface area contributed by atoms with Crippen LogP contribution in [0.3, 0.4) is 0 Å². The second kappa shape index (κ2) is 7.58. The highest BCUT2D eigenvalue weighted by Gasteiger charge is 2.44. The van der Waals surface area contributed by atoms with Crippen LogP contribution in [0.5, 0.6) is 0 Å². The maximum absolute atomic E-state index is 11.3. The highest BCUT2D eigenvalue weighted by molar-refractivity contribution is 5.88. The minimum Gasteiger partial charge on any atom is -0.478 e. The molecule has 0 aromatic heterocycles. The van der Waals surface area contributed by atoms with Crippen LogP contribution in [0.2, 0.25) is 0 Å². The largest absolute Gasteiger partial charge is 0.478 e. The van der Waals surface area contributed by atoms with E-state index >= 15 is 0 Å². The highest BCUT2D eigenvalue weighted by Crippen LogP contribution is 2.23. The number of hydrogen-bond donors (Lipinski definition) is 6. The minimum atomic E-state index is -1.36. The van der Waals surface area contributed by atoms with Gasteiger partial charge in [-0.3, -0.25) is 4.79 Å². The first-order chi connectivity index (χ1) is 11.3. The number of carbonyl (C=O) groups excluding carboxylic acids is 1. The summed E-state index contributed by atoms with van der Waals surface area (Å²) in [6.45, 7) is 0.747. The molecule has 0 radical (unpaired) electrons. The molecule has 0 bridgehead atoms. The van der Waals surface area contributed by atoms with Gasteiger partial charge in [-0.2, -0.15) is 0 Å². The van der Waals surface area contributed by atoms with Crippen molar-refractivity contribution in [3.63, 3.8) is 0 Å². The standard InChI is InChI=1S/C15H20N2O7/c1-7(19)16-11-13(21)12(20)10(6-18)24-14(11)17-9-4-2-8(3-5-9)15(22)23/h2-5,10-14,17-18,20-21H,6H2,1H3,(H,16,19)(H,22,23)/t10-,11-,12+,13+,14+/m1/s1. The van der Waals surface area contributed by atoms with Crippen LogP contribution >= 0.6 is 0 Å². The molecule has 0 spiro atoms. The summed E-state index contributed by atoms with van der Waals surface area (Å²) in [5.74, 6) is -1.49. The van der Waals surface area contributed by atoms with Crippen molar-refractivity contribution in [2.45, 2.75) is 37.5 Å². The van der Waals surface area contributed by atoms with Gasteiger partial charge in [-0.25, -0.2) is 4.79 Å². The smallest absolute Gasteiger partial charge is 0.335 e. The quantitative estimate of drug-likeness (QED) is 0.389. The maximum Gasteiger partial charge on any atom is 0.335 e. The molecule has 1 saturated heterocycles. The van der Waals surface area contributed by atoms with E-state index < -0.39 is 49.1 Å². The molecule has 1 aromatic rings.